The maximum Gasteiger partial charge on any atom is 0.264 e. The number of aryl methyl sites for hydroxylation is 1. The second-order valence-electron chi connectivity index (χ2n) is 10.3. The molecule has 7 nitrogen and oxygen atoms in total. The first-order chi connectivity index (χ1) is 19.6. The molecule has 0 spiro atoms. The Morgan fingerprint density at radius 1 is 1.00 bits per heavy atom. The fraction of sp³-hybridized carbons (Fsp3) is 0.355. The number of amides is 2. The molecule has 0 saturated heterocycles. The van der Waals surface area contributed by atoms with Crippen LogP contribution in [0, 0.1) is 12.7 Å². The van der Waals surface area contributed by atoms with Crippen LogP contribution >= 0.6 is 11.6 Å². The predicted molar refractivity (Wildman–Crippen MR) is 159 cm³/mol. The minimum absolute atomic E-state index is 0.0425. The summed E-state index contributed by atoms with van der Waals surface area (Å²) in [5.41, 5.74) is 1.32. The molecule has 1 fully saturated rings. The van der Waals surface area contributed by atoms with E-state index in [2.05, 4.69) is 5.32 Å². The summed E-state index contributed by atoms with van der Waals surface area (Å²) in [6.07, 6.45) is 4.13. The van der Waals surface area contributed by atoms with Crippen LogP contribution in [0.15, 0.2) is 77.7 Å². The fourth-order valence-corrected chi connectivity index (χ4v) is 6.63. The number of nitrogens with zero attached hydrogens (tertiary/aromatic N) is 2. The summed E-state index contributed by atoms with van der Waals surface area (Å²) >= 11 is 6.06. The van der Waals surface area contributed by atoms with Gasteiger partial charge in [-0.05, 0) is 68.1 Å². The van der Waals surface area contributed by atoms with Gasteiger partial charge in [0.2, 0.25) is 11.8 Å². The minimum Gasteiger partial charge on any atom is -0.352 e. The fourth-order valence-electron chi connectivity index (χ4n) is 5.08. The van der Waals surface area contributed by atoms with E-state index in [9.17, 15) is 18.0 Å². The number of rotatable bonds is 11. The SMILES string of the molecule is CC[C@@H](C(=O)NC1CCCC1)N(Cc1ccc(Cl)cc1)C(=O)CN(c1ccccc1F)S(=O)(=O)c1ccc(C)cc1. The molecule has 3 aromatic carbocycles. The number of carbonyl (C=O) groups excluding carboxylic acids is 2. The number of benzene rings is 3. The van der Waals surface area contributed by atoms with Gasteiger partial charge in [0.25, 0.3) is 10.0 Å². The summed E-state index contributed by atoms with van der Waals surface area (Å²) in [6, 6.07) is 17.6. The molecule has 1 N–H and O–H groups in total. The highest BCUT2D eigenvalue weighted by Crippen LogP contribution is 2.27. The Kier molecular flexibility index (Phi) is 10.0. The summed E-state index contributed by atoms with van der Waals surface area (Å²) < 4.78 is 43.5. The Bertz CT molecular complexity index is 1460. The molecular weight excluding hydrogens is 565 g/mol. The van der Waals surface area contributed by atoms with Crippen molar-refractivity contribution in [3.05, 3.63) is 94.8 Å². The molecule has 1 aliphatic carbocycles. The second kappa shape index (κ2) is 13.5. The summed E-state index contributed by atoms with van der Waals surface area (Å²) in [5, 5.41) is 3.59. The Hall–Kier alpha value is -3.43. The average molecular weight is 600 g/mol. The lowest BCUT2D eigenvalue weighted by Gasteiger charge is -2.33. The topological polar surface area (TPSA) is 86.8 Å². The normalized spacial score (nSPS) is 14.4. The lowest BCUT2D eigenvalue weighted by atomic mass is 10.1. The Balaban J connectivity index is 1.72. The van der Waals surface area contributed by atoms with E-state index >= 15 is 4.39 Å². The molecule has 0 unspecified atom stereocenters. The van der Waals surface area contributed by atoms with Gasteiger partial charge in [0.1, 0.15) is 18.4 Å². The van der Waals surface area contributed by atoms with E-state index < -0.39 is 34.3 Å². The van der Waals surface area contributed by atoms with Crippen molar-refractivity contribution < 1.29 is 22.4 Å². The maximum absolute atomic E-state index is 15.1. The Labute approximate surface area is 246 Å². The molecule has 2 amide bonds. The van der Waals surface area contributed by atoms with Gasteiger partial charge in [-0.25, -0.2) is 12.8 Å². The van der Waals surface area contributed by atoms with Crippen LogP contribution in [-0.4, -0.2) is 43.8 Å². The van der Waals surface area contributed by atoms with Crippen LogP contribution in [0.3, 0.4) is 0 Å². The van der Waals surface area contributed by atoms with Gasteiger partial charge in [-0.1, -0.05) is 73.3 Å². The van der Waals surface area contributed by atoms with Gasteiger partial charge in [0, 0.05) is 17.6 Å². The zero-order chi connectivity index (χ0) is 29.6. The number of para-hydroxylation sites is 1. The van der Waals surface area contributed by atoms with Crippen molar-refractivity contribution in [2.75, 3.05) is 10.8 Å². The molecule has 1 atom stereocenters. The molecule has 1 aliphatic rings. The summed E-state index contributed by atoms with van der Waals surface area (Å²) in [6.45, 7) is 2.98. The standard InChI is InChI=1S/C31H35ClFN3O4S/c1-3-28(31(38)34-25-8-4-5-9-25)35(20-23-14-16-24(32)17-15-23)30(37)21-36(29-11-7-6-10-27(29)33)41(39,40)26-18-12-22(2)13-19-26/h6-7,10-19,25,28H,3-5,8-9,20-21H2,1-2H3,(H,34,38)/t28-/m0/s1. The van der Waals surface area contributed by atoms with Gasteiger partial charge >= 0.3 is 0 Å². The number of hydrogen-bond acceptors (Lipinski definition) is 4. The Morgan fingerprint density at radius 3 is 2.24 bits per heavy atom. The highest BCUT2D eigenvalue weighted by atomic mass is 35.5. The molecule has 4 rings (SSSR count). The number of halogens is 2. The van der Waals surface area contributed by atoms with E-state index in [0.29, 0.717) is 17.0 Å². The van der Waals surface area contributed by atoms with Gasteiger partial charge in [-0.3, -0.25) is 13.9 Å². The highest BCUT2D eigenvalue weighted by molar-refractivity contribution is 7.92. The van der Waals surface area contributed by atoms with Crippen molar-refractivity contribution in [2.24, 2.45) is 0 Å². The first-order valence-corrected chi connectivity index (χ1v) is 15.6. The number of hydrogen-bond donors (Lipinski definition) is 1. The molecule has 3 aromatic rings. The van der Waals surface area contributed by atoms with Crippen molar-refractivity contribution in [3.8, 4) is 0 Å². The van der Waals surface area contributed by atoms with Crippen molar-refractivity contribution in [1.29, 1.82) is 0 Å². The summed E-state index contributed by atoms with van der Waals surface area (Å²) in [7, 11) is -4.34. The van der Waals surface area contributed by atoms with Crippen LogP contribution in [0.2, 0.25) is 5.02 Å². The minimum atomic E-state index is -4.34. The lowest BCUT2D eigenvalue weighted by molar-refractivity contribution is -0.140. The van der Waals surface area contributed by atoms with Gasteiger partial charge in [0.05, 0.1) is 10.6 Å². The monoisotopic (exact) mass is 599 g/mol. The smallest absolute Gasteiger partial charge is 0.264 e. The largest absolute Gasteiger partial charge is 0.352 e. The van der Waals surface area contributed by atoms with Crippen LogP contribution in [0.1, 0.15) is 50.2 Å². The molecule has 0 heterocycles. The van der Waals surface area contributed by atoms with Gasteiger partial charge < -0.3 is 10.2 Å². The van der Waals surface area contributed by atoms with E-state index in [-0.39, 0.29) is 29.1 Å². The predicted octanol–water partition coefficient (Wildman–Crippen LogP) is 5.85. The first kappa shape index (κ1) is 30.5. The molecule has 0 aliphatic heterocycles. The van der Waals surface area contributed by atoms with Crippen molar-refractivity contribution in [3.63, 3.8) is 0 Å². The van der Waals surface area contributed by atoms with Crippen molar-refractivity contribution in [2.45, 2.75) is 69.5 Å². The number of sulfonamides is 1. The number of nitrogens with one attached hydrogen (secondary N) is 1. The van der Waals surface area contributed by atoms with E-state index in [4.69, 9.17) is 11.6 Å². The number of carbonyl (C=O) groups is 2. The van der Waals surface area contributed by atoms with E-state index in [1.165, 1.54) is 35.2 Å². The summed E-state index contributed by atoms with van der Waals surface area (Å²) in [5.74, 6) is -1.71. The van der Waals surface area contributed by atoms with Crippen molar-refractivity contribution >= 4 is 39.1 Å². The van der Waals surface area contributed by atoms with Crippen molar-refractivity contribution in [1.82, 2.24) is 10.2 Å². The summed E-state index contributed by atoms with van der Waals surface area (Å²) in [4.78, 5) is 28.8. The third kappa shape index (κ3) is 7.45. The molecule has 0 radical (unpaired) electrons. The van der Waals surface area contributed by atoms with Crippen LogP contribution < -0.4 is 9.62 Å². The van der Waals surface area contributed by atoms with E-state index in [1.54, 1.807) is 43.3 Å². The molecule has 0 aromatic heterocycles. The van der Waals surface area contributed by atoms with E-state index in [0.717, 1.165) is 41.6 Å². The maximum atomic E-state index is 15.1. The molecule has 218 valence electrons. The zero-order valence-electron chi connectivity index (χ0n) is 23.2. The third-order valence-corrected chi connectivity index (χ3v) is 9.39. The van der Waals surface area contributed by atoms with Gasteiger partial charge in [0.15, 0.2) is 0 Å². The first-order valence-electron chi connectivity index (χ1n) is 13.8. The molecular formula is C31H35ClFN3O4S. The third-order valence-electron chi connectivity index (χ3n) is 7.36. The van der Waals surface area contributed by atoms with Gasteiger partial charge in [-0.2, -0.15) is 0 Å². The van der Waals surface area contributed by atoms with Crippen LogP contribution in [0.25, 0.3) is 0 Å². The van der Waals surface area contributed by atoms with E-state index in [1.807, 2.05) is 6.92 Å². The van der Waals surface area contributed by atoms with Crippen LogP contribution in [0.4, 0.5) is 10.1 Å². The quantitative estimate of drug-likeness (QED) is 0.300. The number of anilines is 1. The molecule has 41 heavy (non-hydrogen) atoms. The average Bonchev–Trinajstić information content (AvgIpc) is 3.46. The van der Waals surface area contributed by atoms with Gasteiger partial charge in [-0.15, -0.1) is 0 Å². The van der Waals surface area contributed by atoms with Crippen LogP contribution in [-0.2, 0) is 26.2 Å². The molecule has 10 heteroatoms. The molecule has 1 saturated carbocycles. The second-order valence-corrected chi connectivity index (χ2v) is 12.6. The lowest BCUT2D eigenvalue weighted by Crippen LogP contribution is -2.53. The molecule has 0 bridgehead atoms. The Morgan fingerprint density at radius 2 is 1.63 bits per heavy atom. The van der Waals surface area contributed by atoms with Crippen LogP contribution in [0.5, 0.6) is 0 Å². The zero-order valence-corrected chi connectivity index (χ0v) is 24.8. The highest BCUT2D eigenvalue weighted by Gasteiger charge is 2.35.